The van der Waals surface area contributed by atoms with Crippen LogP contribution in [0.1, 0.15) is 125 Å². The van der Waals surface area contributed by atoms with Crippen LogP contribution in [-0.2, 0) is 18.0 Å². The van der Waals surface area contributed by atoms with Crippen LogP contribution in [-0.4, -0.2) is 46.4 Å². The molecule has 0 N–H and O–H groups in total. The lowest BCUT2D eigenvalue weighted by Crippen LogP contribution is -2.42. The Morgan fingerprint density at radius 3 is 1.25 bits per heavy atom. The minimum Gasteiger partial charge on any atom is -0.489 e. The molecule has 5 heteroatoms. The highest BCUT2D eigenvalue weighted by Gasteiger charge is 2.28. The maximum Gasteiger partial charge on any atom is 0.223 e. The Balaban J connectivity index is 0.000000238. The molecule has 0 spiro atoms. The second-order valence-corrected chi connectivity index (χ2v) is 18.0. The summed E-state index contributed by atoms with van der Waals surface area (Å²) in [7, 11) is 0. The third kappa shape index (κ3) is 14.4. The smallest absolute Gasteiger partial charge is 0.223 e. The molecule has 2 unspecified atom stereocenters. The number of hydrogen-bond acceptors (Lipinski definition) is 4. The average molecular weight is 845 g/mol. The van der Waals surface area contributed by atoms with E-state index in [9.17, 15) is 4.79 Å². The van der Waals surface area contributed by atoms with E-state index in [4.69, 9.17) is 9.47 Å². The first-order chi connectivity index (χ1) is 30.3. The van der Waals surface area contributed by atoms with Crippen LogP contribution in [0, 0.1) is 13.8 Å². The highest BCUT2D eigenvalue weighted by molar-refractivity contribution is 5.78. The van der Waals surface area contributed by atoms with Crippen molar-refractivity contribution < 1.29 is 14.3 Å². The van der Waals surface area contributed by atoms with Crippen LogP contribution in [0.5, 0.6) is 11.5 Å². The van der Waals surface area contributed by atoms with Crippen molar-refractivity contribution in [3.05, 3.63) is 202 Å². The standard InChI is InChI=1S/C29H35NO2.C29H37NO/c1-21(2)30(22(3)4)29(31)19-26(25-14-10-7-11-15-25)27-18-23(5)16-17-28(27)32-20-24-12-8-6-9-13-24;1-22(2)30(23(3)4)19-18-27(26-14-10-7-11-15-26)28-20-24(5)16-17-29(28)31-21-25-12-8-6-9-13-25/h6-18,21-22,26H,19-20H2,1-5H3;6-17,20,22-23,27H,18-19,21H2,1-5H3. The van der Waals surface area contributed by atoms with Crippen molar-refractivity contribution in [3.8, 4) is 11.5 Å². The molecule has 1 amide bonds. The van der Waals surface area contributed by atoms with Crippen molar-refractivity contribution in [3.63, 3.8) is 0 Å². The van der Waals surface area contributed by atoms with Crippen LogP contribution < -0.4 is 9.47 Å². The summed E-state index contributed by atoms with van der Waals surface area (Å²) in [4.78, 5) is 18.0. The largest absolute Gasteiger partial charge is 0.489 e. The Kier molecular flexibility index (Phi) is 18.6. The lowest BCUT2D eigenvalue weighted by Gasteiger charge is -2.32. The molecule has 2 atom stereocenters. The lowest BCUT2D eigenvalue weighted by atomic mass is 9.86. The van der Waals surface area contributed by atoms with Crippen LogP contribution in [0.4, 0.5) is 0 Å². The van der Waals surface area contributed by atoms with E-state index in [2.05, 4.69) is 183 Å². The van der Waals surface area contributed by atoms with Crippen molar-refractivity contribution in [1.29, 1.82) is 0 Å². The summed E-state index contributed by atoms with van der Waals surface area (Å²) in [6.45, 7) is 23.9. The van der Waals surface area contributed by atoms with Gasteiger partial charge < -0.3 is 14.4 Å². The molecule has 6 aromatic carbocycles. The van der Waals surface area contributed by atoms with Gasteiger partial charge in [0.25, 0.3) is 0 Å². The van der Waals surface area contributed by atoms with E-state index < -0.39 is 0 Å². The normalized spacial score (nSPS) is 12.3. The Hall–Kier alpha value is -5.65. The summed E-state index contributed by atoms with van der Waals surface area (Å²) in [6, 6.07) is 56.0. The number of hydrogen-bond donors (Lipinski definition) is 0. The molecule has 332 valence electrons. The third-order valence-corrected chi connectivity index (χ3v) is 11.7. The number of nitrogens with zero attached hydrogens (tertiary/aromatic N) is 2. The van der Waals surface area contributed by atoms with Crippen molar-refractivity contribution in [2.45, 2.75) is 131 Å². The Morgan fingerprint density at radius 2 is 0.857 bits per heavy atom. The Morgan fingerprint density at radius 1 is 0.476 bits per heavy atom. The maximum absolute atomic E-state index is 13.4. The third-order valence-electron chi connectivity index (χ3n) is 11.7. The molecule has 0 aliphatic carbocycles. The number of ether oxygens (including phenoxy) is 2. The molecule has 0 bridgehead atoms. The number of carbonyl (C=O) groups excluding carboxylic acids is 1. The summed E-state index contributed by atoms with van der Waals surface area (Å²) in [5, 5.41) is 0. The molecule has 0 aromatic heterocycles. The second-order valence-electron chi connectivity index (χ2n) is 18.0. The zero-order valence-corrected chi connectivity index (χ0v) is 39.6. The van der Waals surface area contributed by atoms with Gasteiger partial charge in [0.05, 0.1) is 0 Å². The van der Waals surface area contributed by atoms with Gasteiger partial charge in [-0.05, 0) is 117 Å². The summed E-state index contributed by atoms with van der Waals surface area (Å²) in [6.07, 6.45) is 1.47. The van der Waals surface area contributed by atoms with E-state index in [0.29, 0.717) is 37.6 Å². The van der Waals surface area contributed by atoms with Gasteiger partial charge in [-0.3, -0.25) is 9.69 Å². The van der Waals surface area contributed by atoms with Crippen LogP contribution in [0.2, 0.25) is 0 Å². The molecule has 5 nitrogen and oxygen atoms in total. The molecular formula is C58H72N2O3. The quantitative estimate of drug-likeness (QED) is 0.0814. The van der Waals surface area contributed by atoms with E-state index >= 15 is 0 Å². The van der Waals surface area contributed by atoms with Gasteiger partial charge in [0.15, 0.2) is 0 Å². The fourth-order valence-electron chi connectivity index (χ4n) is 8.74. The zero-order valence-electron chi connectivity index (χ0n) is 39.6. The van der Waals surface area contributed by atoms with Crippen molar-refractivity contribution >= 4 is 5.91 Å². The lowest BCUT2D eigenvalue weighted by molar-refractivity contribution is -0.135. The molecule has 0 saturated carbocycles. The van der Waals surface area contributed by atoms with Gasteiger partial charge in [0.1, 0.15) is 24.7 Å². The molecule has 0 aliphatic rings. The Bertz CT molecular complexity index is 2220. The predicted octanol–water partition coefficient (Wildman–Crippen LogP) is 14.0. The molecule has 0 radical (unpaired) electrons. The first-order valence-electron chi connectivity index (χ1n) is 23.0. The van der Waals surface area contributed by atoms with Crippen molar-refractivity contribution in [1.82, 2.24) is 9.80 Å². The van der Waals surface area contributed by atoms with Crippen molar-refractivity contribution in [2.24, 2.45) is 0 Å². The SMILES string of the molecule is Cc1ccc(OCc2ccccc2)c(C(CC(=O)N(C(C)C)C(C)C)c2ccccc2)c1.Cc1ccc(OCc2ccccc2)c(C(CCN(C(C)C)C(C)C)c2ccccc2)c1. The predicted molar refractivity (Wildman–Crippen MR) is 264 cm³/mol. The molecule has 63 heavy (non-hydrogen) atoms. The van der Waals surface area contributed by atoms with Crippen molar-refractivity contribution in [2.75, 3.05) is 6.54 Å². The van der Waals surface area contributed by atoms with E-state index in [0.717, 1.165) is 46.7 Å². The Labute approximate surface area is 380 Å². The molecule has 0 aliphatic heterocycles. The molecule has 0 saturated heterocycles. The van der Waals surface area contributed by atoms with E-state index in [1.165, 1.54) is 22.3 Å². The van der Waals surface area contributed by atoms with Gasteiger partial charge >= 0.3 is 0 Å². The van der Waals surface area contributed by atoms with Gasteiger partial charge in [0, 0.05) is 53.6 Å². The number of benzene rings is 6. The zero-order chi connectivity index (χ0) is 45.3. The topological polar surface area (TPSA) is 42.0 Å². The summed E-state index contributed by atoms with van der Waals surface area (Å²) >= 11 is 0. The first kappa shape index (κ1) is 48.4. The molecule has 6 rings (SSSR count). The van der Waals surface area contributed by atoms with Crippen LogP contribution >= 0.6 is 0 Å². The maximum atomic E-state index is 13.4. The summed E-state index contributed by atoms with van der Waals surface area (Å²) in [5.74, 6) is 2.21. The van der Waals surface area contributed by atoms with Gasteiger partial charge in [-0.15, -0.1) is 0 Å². The van der Waals surface area contributed by atoms with Gasteiger partial charge in [0.2, 0.25) is 5.91 Å². The van der Waals surface area contributed by atoms with Gasteiger partial charge in [-0.2, -0.15) is 0 Å². The molecule has 0 heterocycles. The molecular weight excluding hydrogens is 773 g/mol. The monoisotopic (exact) mass is 845 g/mol. The fraction of sp³-hybridized carbons (Fsp3) is 0.362. The summed E-state index contributed by atoms with van der Waals surface area (Å²) in [5.41, 5.74) is 9.57. The van der Waals surface area contributed by atoms with Crippen LogP contribution in [0.3, 0.4) is 0 Å². The number of carbonyl (C=O) groups is 1. The number of rotatable bonds is 19. The number of aryl methyl sites for hydroxylation is 2. The second kappa shape index (κ2) is 24.3. The summed E-state index contributed by atoms with van der Waals surface area (Å²) < 4.78 is 12.7. The molecule has 0 fully saturated rings. The van der Waals surface area contributed by atoms with Gasteiger partial charge in [-0.25, -0.2) is 0 Å². The fourth-order valence-corrected chi connectivity index (χ4v) is 8.74. The minimum absolute atomic E-state index is 0.0747. The molecule has 6 aromatic rings. The highest BCUT2D eigenvalue weighted by Crippen LogP contribution is 2.38. The minimum atomic E-state index is -0.0747. The average Bonchev–Trinajstić information content (AvgIpc) is 3.27. The number of amides is 1. The van der Waals surface area contributed by atoms with E-state index in [-0.39, 0.29) is 23.9 Å². The highest BCUT2D eigenvalue weighted by atomic mass is 16.5. The first-order valence-corrected chi connectivity index (χ1v) is 23.0. The van der Waals surface area contributed by atoms with Crippen LogP contribution in [0.25, 0.3) is 0 Å². The van der Waals surface area contributed by atoms with Gasteiger partial charge in [-0.1, -0.05) is 157 Å². The van der Waals surface area contributed by atoms with E-state index in [1.54, 1.807) is 0 Å². The van der Waals surface area contributed by atoms with Crippen LogP contribution in [0.15, 0.2) is 158 Å². The van der Waals surface area contributed by atoms with E-state index in [1.807, 2.05) is 53.4 Å².